The van der Waals surface area contributed by atoms with Gasteiger partial charge in [0.25, 0.3) is 5.69 Å². The number of hydrogen-bond donors (Lipinski definition) is 1. The number of ether oxygens (including phenoxy) is 4. The van der Waals surface area contributed by atoms with Gasteiger partial charge in [-0.15, -0.1) is 13.2 Å². The van der Waals surface area contributed by atoms with Crippen molar-refractivity contribution in [2.45, 2.75) is 53.8 Å². The van der Waals surface area contributed by atoms with Crippen molar-refractivity contribution < 1.29 is 23.9 Å². The third kappa shape index (κ3) is 13.9. The van der Waals surface area contributed by atoms with E-state index >= 15 is 0 Å². The summed E-state index contributed by atoms with van der Waals surface area (Å²) in [5, 5.41) is 10.9. The predicted octanol–water partition coefficient (Wildman–Crippen LogP) is 6.49. The third-order valence-electron chi connectivity index (χ3n) is 7.05. The zero-order chi connectivity index (χ0) is 30.0. The minimum atomic E-state index is -0.412. The first kappa shape index (κ1) is 38.6. The molecule has 2 heterocycles. The molecular weight excluding hydrogens is 560 g/mol. The second-order valence-corrected chi connectivity index (χ2v) is 10.3. The maximum Gasteiger partial charge on any atom is 0.270 e. The van der Waals surface area contributed by atoms with E-state index in [0.717, 1.165) is 43.2 Å². The third-order valence-corrected chi connectivity index (χ3v) is 7.05. The number of non-ortho nitro benzene ring substituents is 1. The monoisotopic (exact) mass is 614 g/mol. The van der Waals surface area contributed by atoms with E-state index in [0.29, 0.717) is 44.3 Å². The van der Waals surface area contributed by atoms with Crippen LogP contribution in [0.1, 0.15) is 51.7 Å². The van der Waals surface area contributed by atoms with Crippen LogP contribution in [0.4, 0.5) is 11.4 Å². The number of anilines is 1. The van der Waals surface area contributed by atoms with E-state index in [1.807, 2.05) is 18.2 Å². The van der Waals surface area contributed by atoms with Gasteiger partial charge >= 0.3 is 0 Å². The average molecular weight is 615 g/mol. The summed E-state index contributed by atoms with van der Waals surface area (Å²) >= 11 is 0. The highest BCUT2D eigenvalue weighted by Gasteiger charge is 2.15. The van der Waals surface area contributed by atoms with Gasteiger partial charge in [-0.1, -0.05) is 27.0 Å². The fourth-order valence-electron chi connectivity index (χ4n) is 4.87. The molecule has 0 saturated carbocycles. The van der Waals surface area contributed by atoms with Gasteiger partial charge in [-0.05, 0) is 76.1 Å². The average Bonchev–Trinajstić information content (AvgIpc) is 3.70. The molecule has 2 saturated heterocycles. The minimum Gasteiger partial charge on any atom is -0.492 e. The van der Waals surface area contributed by atoms with Crippen LogP contribution < -0.4 is 15.2 Å². The van der Waals surface area contributed by atoms with Crippen LogP contribution in [0.2, 0.25) is 0 Å². The van der Waals surface area contributed by atoms with E-state index in [4.69, 9.17) is 24.7 Å². The van der Waals surface area contributed by atoms with E-state index in [2.05, 4.69) is 23.0 Å². The molecule has 0 atom stereocenters. The van der Waals surface area contributed by atoms with Crippen molar-refractivity contribution in [2.75, 3.05) is 71.4 Å². The SMILES string of the molecule is C.C.C=CCOCc1cc(N)ccc1OCCN1CCCC1.C=CCOCc1cc([N+](=O)[O-])ccc1OCCN1CCCC1. The largest absolute Gasteiger partial charge is 0.492 e. The molecular formula is C34H54N4O6. The van der Waals surface area contributed by atoms with Crippen LogP contribution in [0.15, 0.2) is 61.7 Å². The summed E-state index contributed by atoms with van der Waals surface area (Å²) in [5.41, 5.74) is 8.28. The number of nitrogens with zero attached hydrogens (tertiary/aromatic N) is 3. The van der Waals surface area contributed by atoms with Crippen molar-refractivity contribution >= 4 is 11.4 Å². The van der Waals surface area contributed by atoms with Gasteiger partial charge < -0.3 is 24.7 Å². The number of nitro groups is 1. The Morgan fingerprint density at radius 2 is 1.23 bits per heavy atom. The molecule has 2 aliphatic heterocycles. The maximum atomic E-state index is 10.9. The normalized spacial score (nSPS) is 14.5. The van der Waals surface area contributed by atoms with Gasteiger partial charge in [-0.2, -0.15) is 0 Å². The Bertz CT molecular complexity index is 1120. The second-order valence-electron chi connectivity index (χ2n) is 10.3. The van der Waals surface area contributed by atoms with Gasteiger partial charge in [0.15, 0.2) is 0 Å². The maximum absolute atomic E-state index is 10.9. The molecule has 0 bridgehead atoms. The molecule has 0 aromatic heterocycles. The fraction of sp³-hybridized carbons (Fsp3) is 0.529. The highest BCUT2D eigenvalue weighted by molar-refractivity contribution is 5.47. The highest BCUT2D eigenvalue weighted by atomic mass is 16.6. The molecule has 0 amide bonds. The van der Waals surface area contributed by atoms with E-state index in [-0.39, 0.29) is 27.1 Å². The number of nitrogen functional groups attached to an aromatic ring is 1. The first-order valence-corrected chi connectivity index (χ1v) is 14.7. The van der Waals surface area contributed by atoms with E-state index in [1.54, 1.807) is 18.2 Å². The van der Waals surface area contributed by atoms with Crippen molar-refractivity contribution in [1.82, 2.24) is 9.80 Å². The number of nitrogens with two attached hydrogens (primary N) is 1. The Morgan fingerprint density at radius 3 is 1.68 bits per heavy atom. The molecule has 0 spiro atoms. The van der Waals surface area contributed by atoms with Crippen molar-refractivity contribution in [3.05, 3.63) is 82.9 Å². The second kappa shape index (κ2) is 22.1. The molecule has 2 aromatic carbocycles. The molecule has 10 heteroatoms. The lowest BCUT2D eigenvalue weighted by Gasteiger charge is -2.17. The van der Waals surface area contributed by atoms with Crippen LogP contribution in [-0.4, -0.2) is 80.4 Å². The van der Waals surface area contributed by atoms with Gasteiger partial charge in [0.1, 0.15) is 24.7 Å². The summed E-state index contributed by atoms with van der Waals surface area (Å²) in [4.78, 5) is 15.3. The van der Waals surface area contributed by atoms with Crippen molar-refractivity contribution in [3.63, 3.8) is 0 Å². The first-order valence-electron chi connectivity index (χ1n) is 14.7. The lowest BCUT2D eigenvalue weighted by Crippen LogP contribution is -2.25. The summed E-state index contributed by atoms with van der Waals surface area (Å²) in [7, 11) is 0. The topological polar surface area (TPSA) is 113 Å². The lowest BCUT2D eigenvalue weighted by atomic mass is 10.2. The minimum absolute atomic E-state index is 0. The van der Waals surface area contributed by atoms with Crippen LogP contribution in [0.5, 0.6) is 11.5 Å². The summed E-state index contributed by atoms with van der Waals surface area (Å²) in [6.07, 6.45) is 8.49. The molecule has 0 unspecified atom stereocenters. The van der Waals surface area contributed by atoms with Crippen molar-refractivity contribution in [1.29, 1.82) is 0 Å². The molecule has 0 radical (unpaired) electrons. The number of hydrogen-bond acceptors (Lipinski definition) is 9. The highest BCUT2D eigenvalue weighted by Crippen LogP contribution is 2.25. The Balaban J connectivity index is 0.000000422. The number of nitro benzene ring substituents is 1. The standard InChI is InChI=1S/C16H22N2O4.C16H24N2O2.2CH4/c1-2-10-21-13-14-12-15(18(19)20)5-6-16(14)22-11-9-17-7-3-4-8-17;1-2-10-19-13-14-12-15(17)5-6-16(14)20-11-9-18-7-3-4-8-18;;/h2,5-6,12H,1,3-4,7-11,13H2;2,5-6,12H,1,3-4,7-11,13,17H2;2*1H4. The summed E-state index contributed by atoms with van der Waals surface area (Å²) < 4.78 is 22.5. The number of benzene rings is 2. The molecule has 2 fully saturated rings. The number of rotatable bonds is 17. The van der Waals surface area contributed by atoms with Crippen LogP contribution in [-0.2, 0) is 22.7 Å². The van der Waals surface area contributed by atoms with Crippen LogP contribution in [0.3, 0.4) is 0 Å². The van der Waals surface area contributed by atoms with Crippen LogP contribution >= 0.6 is 0 Å². The fourth-order valence-corrected chi connectivity index (χ4v) is 4.87. The molecule has 2 aliphatic rings. The Kier molecular flexibility index (Phi) is 19.4. The van der Waals surface area contributed by atoms with E-state index in [1.165, 1.54) is 50.9 Å². The quantitative estimate of drug-likeness (QED) is 0.0702. The van der Waals surface area contributed by atoms with Gasteiger partial charge in [-0.3, -0.25) is 19.9 Å². The Morgan fingerprint density at radius 1 is 0.773 bits per heavy atom. The Labute approximate surface area is 264 Å². The predicted molar refractivity (Wildman–Crippen MR) is 179 cm³/mol. The van der Waals surface area contributed by atoms with Crippen LogP contribution in [0, 0.1) is 10.1 Å². The van der Waals surface area contributed by atoms with E-state index in [9.17, 15) is 10.1 Å². The van der Waals surface area contributed by atoms with Gasteiger partial charge in [0, 0.05) is 42.0 Å². The molecule has 2 aromatic rings. The Hall–Kier alpha value is -3.44. The van der Waals surface area contributed by atoms with Crippen molar-refractivity contribution in [2.24, 2.45) is 0 Å². The summed E-state index contributed by atoms with van der Waals surface area (Å²) in [6, 6.07) is 10.3. The van der Waals surface area contributed by atoms with Crippen LogP contribution in [0.25, 0.3) is 0 Å². The van der Waals surface area contributed by atoms with Gasteiger partial charge in [0.2, 0.25) is 0 Å². The molecule has 246 valence electrons. The smallest absolute Gasteiger partial charge is 0.270 e. The zero-order valence-corrected chi connectivity index (χ0v) is 24.7. The summed E-state index contributed by atoms with van der Waals surface area (Å²) in [6.45, 7) is 16.7. The van der Waals surface area contributed by atoms with Gasteiger partial charge in [-0.25, -0.2) is 0 Å². The molecule has 2 N–H and O–H groups in total. The van der Waals surface area contributed by atoms with E-state index < -0.39 is 4.92 Å². The lowest BCUT2D eigenvalue weighted by molar-refractivity contribution is -0.385. The molecule has 4 rings (SSSR count). The van der Waals surface area contributed by atoms with Crippen molar-refractivity contribution in [3.8, 4) is 11.5 Å². The first-order chi connectivity index (χ1) is 20.5. The number of likely N-dealkylation sites (tertiary alicyclic amines) is 2. The molecule has 0 aliphatic carbocycles. The van der Waals surface area contributed by atoms with Gasteiger partial charge in [0.05, 0.1) is 31.4 Å². The zero-order valence-electron chi connectivity index (χ0n) is 24.7. The summed E-state index contributed by atoms with van der Waals surface area (Å²) in [5.74, 6) is 1.51. The molecule has 10 nitrogen and oxygen atoms in total. The molecule has 44 heavy (non-hydrogen) atoms.